The molecule has 118 valence electrons. The van der Waals surface area contributed by atoms with Crippen molar-refractivity contribution in [3.05, 3.63) is 34.9 Å². The van der Waals surface area contributed by atoms with Crippen LogP contribution in [-0.4, -0.2) is 30.2 Å². The van der Waals surface area contributed by atoms with E-state index in [-0.39, 0.29) is 5.91 Å². The lowest BCUT2D eigenvalue weighted by molar-refractivity contribution is -0.140. The molecule has 0 aromatic heterocycles. The second-order valence-corrected chi connectivity index (χ2v) is 6.41. The largest absolute Gasteiger partial charge is 0.481 e. The van der Waals surface area contributed by atoms with Crippen molar-refractivity contribution < 1.29 is 19.4 Å². The van der Waals surface area contributed by atoms with Gasteiger partial charge in [-0.1, -0.05) is 23.7 Å². The van der Waals surface area contributed by atoms with Crippen LogP contribution in [0.1, 0.15) is 24.8 Å². The number of aliphatic carboxylic acids is 1. The highest BCUT2D eigenvalue weighted by Gasteiger charge is 2.50. The number of benzene rings is 1. The molecule has 1 amide bonds. The molecule has 22 heavy (non-hydrogen) atoms. The van der Waals surface area contributed by atoms with Crippen LogP contribution < -0.4 is 5.32 Å². The molecule has 0 unspecified atom stereocenters. The molecule has 1 aromatic rings. The number of halogens is 1. The molecular formula is C16H18ClNO4. The fraction of sp³-hybridized carbons (Fsp3) is 0.500. The molecule has 2 N–H and O–H groups in total. The Balaban J connectivity index is 1.79. The smallest absolute Gasteiger partial charge is 0.307 e. The van der Waals surface area contributed by atoms with Gasteiger partial charge in [0.15, 0.2) is 0 Å². The molecule has 1 heterocycles. The highest BCUT2D eigenvalue weighted by atomic mass is 35.5. The highest BCUT2D eigenvalue weighted by Crippen LogP contribution is 2.41. The molecule has 0 bridgehead atoms. The van der Waals surface area contributed by atoms with Gasteiger partial charge in [-0.05, 0) is 37.0 Å². The summed E-state index contributed by atoms with van der Waals surface area (Å²) < 4.78 is 5.42. The molecule has 0 radical (unpaired) electrons. The number of carboxylic acids is 1. The third-order valence-corrected chi connectivity index (χ3v) is 4.80. The van der Waals surface area contributed by atoms with Gasteiger partial charge in [0.1, 0.15) is 0 Å². The number of carbonyl (C=O) groups is 2. The lowest BCUT2D eigenvalue weighted by atomic mass is 9.82. The summed E-state index contributed by atoms with van der Waals surface area (Å²) in [5.41, 5.74) is 0.493. The zero-order valence-corrected chi connectivity index (χ0v) is 12.8. The standard InChI is InChI=1S/C16H18ClNO4/c17-11-3-1-10(2-4-11)16(5-7-22-8-6-16)18-14(19)12-9-13(12)15(20)21/h1-4,12-13H,5-9H2,(H,18,19)(H,20,21)/t12-,13+/m0/s1. The maximum absolute atomic E-state index is 12.4. The first-order chi connectivity index (χ1) is 10.5. The molecule has 5 nitrogen and oxygen atoms in total. The minimum absolute atomic E-state index is 0.177. The maximum atomic E-state index is 12.4. The van der Waals surface area contributed by atoms with E-state index in [1.165, 1.54) is 0 Å². The Morgan fingerprint density at radius 2 is 1.82 bits per heavy atom. The quantitative estimate of drug-likeness (QED) is 0.890. The topological polar surface area (TPSA) is 75.6 Å². The van der Waals surface area contributed by atoms with E-state index in [0.29, 0.717) is 37.5 Å². The van der Waals surface area contributed by atoms with Gasteiger partial charge in [0, 0.05) is 18.2 Å². The fourth-order valence-corrected chi connectivity index (χ4v) is 3.19. The summed E-state index contributed by atoms with van der Waals surface area (Å²) in [5.74, 6) is -2.02. The summed E-state index contributed by atoms with van der Waals surface area (Å²) in [4.78, 5) is 23.3. The Kier molecular flexibility index (Phi) is 4.10. The number of hydrogen-bond donors (Lipinski definition) is 2. The number of nitrogens with one attached hydrogen (secondary N) is 1. The molecule has 1 saturated heterocycles. The highest BCUT2D eigenvalue weighted by molar-refractivity contribution is 6.30. The molecule has 1 aliphatic heterocycles. The number of rotatable bonds is 4. The van der Waals surface area contributed by atoms with E-state index in [4.69, 9.17) is 21.4 Å². The second-order valence-electron chi connectivity index (χ2n) is 5.98. The van der Waals surface area contributed by atoms with E-state index >= 15 is 0 Å². The van der Waals surface area contributed by atoms with Crippen LogP contribution >= 0.6 is 11.6 Å². The zero-order chi connectivity index (χ0) is 15.7. The minimum Gasteiger partial charge on any atom is -0.481 e. The van der Waals surface area contributed by atoms with E-state index in [0.717, 1.165) is 5.56 Å². The van der Waals surface area contributed by atoms with E-state index in [9.17, 15) is 9.59 Å². The normalized spacial score (nSPS) is 26.2. The van der Waals surface area contributed by atoms with Crippen LogP contribution in [0.4, 0.5) is 0 Å². The molecule has 2 aliphatic rings. The Hall–Kier alpha value is -1.59. The van der Waals surface area contributed by atoms with Crippen molar-refractivity contribution in [2.24, 2.45) is 11.8 Å². The van der Waals surface area contributed by atoms with Gasteiger partial charge in [-0.15, -0.1) is 0 Å². The average Bonchev–Trinajstić information content (AvgIpc) is 3.29. The van der Waals surface area contributed by atoms with Crippen LogP contribution in [0.25, 0.3) is 0 Å². The fourth-order valence-electron chi connectivity index (χ4n) is 3.06. The Bertz CT molecular complexity index is 580. The molecule has 1 saturated carbocycles. The first kappa shape index (κ1) is 15.3. The van der Waals surface area contributed by atoms with Crippen LogP contribution in [0.3, 0.4) is 0 Å². The summed E-state index contributed by atoms with van der Waals surface area (Å²) in [6.45, 7) is 1.13. The number of hydrogen-bond acceptors (Lipinski definition) is 3. The second kappa shape index (κ2) is 5.89. The van der Waals surface area contributed by atoms with Gasteiger partial charge in [-0.2, -0.15) is 0 Å². The Labute approximate surface area is 133 Å². The van der Waals surface area contributed by atoms with E-state index in [1.807, 2.05) is 12.1 Å². The average molecular weight is 324 g/mol. The van der Waals surface area contributed by atoms with Gasteiger partial charge in [-0.25, -0.2) is 0 Å². The van der Waals surface area contributed by atoms with Crippen molar-refractivity contribution in [3.63, 3.8) is 0 Å². The van der Waals surface area contributed by atoms with E-state index in [1.54, 1.807) is 12.1 Å². The third kappa shape index (κ3) is 2.96. The summed E-state index contributed by atoms with van der Waals surface area (Å²) in [6, 6.07) is 7.43. The Morgan fingerprint density at radius 1 is 1.18 bits per heavy atom. The van der Waals surface area contributed by atoms with E-state index in [2.05, 4.69) is 5.32 Å². The first-order valence-electron chi connectivity index (χ1n) is 7.40. The van der Waals surface area contributed by atoms with Crippen molar-refractivity contribution >= 4 is 23.5 Å². The lowest BCUT2D eigenvalue weighted by Crippen LogP contribution is -2.50. The molecule has 0 spiro atoms. The summed E-state index contributed by atoms with van der Waals surface area (Å²) in [5, 5.41) is 12.7. The van der Waals surface area contributed by atoms with Gasteiger partial charge in [0.25, 0.3) is 0 Å². The predicted octanol–water partition coefficient (Wildman–Crippen LogP) is 2.18. The van der Waals surface area contributed by atoms with Gasteiger partial charge in [0.05, 0.1) is 17.4 Å². The summed E-state index contributed by atoms with van der Waals surface area (Å²) in [6.07, 6.45) is 1.77. The number of ether oxygens (including phenoxy) is 1. The van der Waals surface area contributed by atoms with Crippen molar-refractivity contribution in [1.29, 1.82) is 0 Å². The van der Waals surface area contributed by atoms with Gasteiger partial charge < -0.3 is 15.2 Å². The molecule has 1 aliphatic carbocycles. The van der Waals surface area contributed by atoms with Crippen LogP contribution in [0.15, 0.2) is 24.3 Å². The number of amides is 1. The summed E-state index contributed by atoms with van der Waals surface area (Å²) >= 11 is 5.94. The third-order valence-electron chi connectivity index (χ3n) is 4.55. The van der Waals surface area contributed by atoms with Crippen LogP contribution in [0, 0.1) is 11.8 Å². The number of carboxylic acid groups (broad SMARTS) is 1. The minimum atomic E-state index is -0.896. The van der Waals surface area contributed by atoms with Crippen molar-refractivity contribution in [2.75, 3.05) is 13.2 Å². The van der Waals surface area contributed by atoms with Crippen molar-refractivity contribution in [1.82, 2.24) is 5.32 Å². The van der Waals surface area contributed by atoms with Crippen LogP contribution in [0.2, 0.25) is 5.02 Å². The first-order valence-corrected chi connectivity index (χ1v) is 7.78. The molecule has 6 heteroatoms. The van der Waals surface area contributed by atoms with Gasteiger partial charge in [-0.3, -0.25) is 9.59 Å². The maximum Gasteiger partial charge on any atom is 0.307 e. The van der Waals surface area contributed by atoms with Crippen molar-refractivity contribution in [2.45, 2.75) is 24.8 Å². The molecule has 2 fully saturated rings. The molecular weight excluding hydrogens is 306 g/mol. The molecule has 1 aromatic carbocycles. The zero-order valence-electron chi connectivity index (χ0n) is 12.0. The monoisotopic (exact) mass is 323 g/mol. The SMILES string of the molecule is O=C(NC1(c2ccc(Cl)cc2)CCOCC1)[C@H]1C[C@H]1C(=O)O. The summed E-state index contributed by atoms with van der Waals surface area (Å²) in [7, 11) is 0. The van der Waals surface area contributed by atoms with Gasteiger partial charge >= 0.3 is 5.97 Å². The predicted molar refractivity (Wildman–Crippen MR) is 80.6 cm³/mol. The lowest BCUT2D eigenvalue weighted by Gasteiger charge is -2.38. The Morgan fingerprint density at radius 3 is 2.36 bits per heavy atom. The van der Waals surface area contributed by atoms with Crippen LogP contribution in [0.5, 0.6) is 0 Å². The number of carbonyl (C=O) groups excluding carboxylic acids is 1. The van der Waals surface area contributed by atoms with Crippen LogP contribution in [-0.2, 0) is 19.9 Å². The molecule has 2 atom stereocenters. The van der Waals surface area contributed by atoms with Gasteiger partial charge in [0.2, 0.25) is 5.91 Å². The molecule has 3 rings (SSSR count). The van der Waals surface area contributed by atoms with Crippen molar-refractivity contribution in [3.8, 4) is 0 Å². The van der Waals surface area contributed by atoms with E-state index < -0.39 is 23.3 Å².